The van der Waals surface area contributed by atoms with E-state index in [4.69, 9.17) is 28.3 Å². The van der Waals surface area contributed by atoms with E-state index in [2.05, 4.69) is 10.2 Å². The number of carbonyl (C=O) groups is 2. The first-order valence-corrected chi connectivity index (χ1v) is 6.80. The molecule has 1 amide bonds. The number of hydrogen-bond acceptors (Lipinski definition) is 4. The minimum atomic E-state index is -0.896. The van der Waals surface area contributed by atoms with Crippen molar-refractivity contribution in [2.45, 2.75) is 32.7 Å². The molecule has 6 nitrogen and oxygen atoms in total. The SMILES string of the molecule is CC(C)N(CCCC(=O)O)C(=O)c1cc(Cl)nnc1Cl. The molecule has 0 fully saturated rings. The van der Waals surface area contributed by atoms with E-state index >= 15 is 0 Å². The number of amides is 1. The largest absolute Gasteiger partial charge is 0.481 e. The van der Waals surface area contributed by atoms with Gasteiger partial charge in [0.15, 0.2) is 10.3 Å². The summed E-state index contributed by atoms with van der Waals surface area (Å²) in [5, 5.41) is 15.8. The van der Waals surface area contributed by atoms with Crippen molar-refractivity contribution < 1.29 is 14.7 Å². The van der Waals surface area contributed by atoms with Gasteiger partial charge in [-0.05, 0) is 26.3 Å². The molecule has 0 bridgehead atoms. The summed E-state index contributed by atoms with van der Waals surface area (Å²) in [5.74, 6) is -1.24. The zero-order valence-electron chi connectivity index (χ0n) is 11.1. The van der Waals surface area contributed by atoms with Gasteiger partial charge >= 0.3 is 5.97 Å². The number of hydrogen-bond donors (Lipinski definition) is 1. The topological polar surface area (TPSA) is 83.4 Å². The highest BCUT2D eigenvalue weighted by Crippen LogP contribution is 2.19. The summed E-state index contributed by atoms with van der Waals surface area (Å²) in [5.41, 5.74) is 0.163. The average molecular weight is 320 g/mol. The molecule has 8 heteroatoms. The maximum atomic E-state index is 12.4. The molecule has 20 heavy (non-hydrogen) atoms. The van der Waals surface area contributed by atoms with E-state index in [-0.39, 0.29) is 34.2 Å². The van der Waals surface area contributed by atoms with Crippen molar-refractivity contribution in [3.8, 4) is 0 Å². The van der Waals surface area contributed by atoms with E-state index in [0.29, 0.717) is 13.0 Å². The summed E-state index contributed by atoms with van der Waals surface area (Å²) >= 11 is 11.6. The second-order valence-electron chi connectivity index (χ2n) is 4.46. The van der Waals surface area contributed by atoms with Crippen molar-refractivity contribution in [2.75, 3.05) is 6.54 Å². The number of carbonyl (C=O) groups excluding carboxylic acids is 1. The highest BCUT2D eigenvalue weighted by Gasteiger charge is 2.22. The molecule has 1 aromatic rings. The van der Waals surface area contributed by atoms with Crippen LogP contribution in [-0.4, -0.2) is 44.7 Å². The number of carboxylic acids is 1. The molecule has 1 aromatic heterocycles. The Hall–Kier alpha value is -1.40. The number of aromatic nitrogens is 2. The lowest BCUT2D eigenvalue weighted by Gasteiger charge is -2.26. The van der Waals surface area contributed by atoms with E-state index in [9.17, 15) is 9.59 Å². The first-order valence-electron chi connectivity index (χ1n) is 6.04. The minimum absolute atomic E-state index is 0.000413. The molecule has 0 aromatic carbocycles. The third-order valence-electron chi connectivity index (χ3n) is 2.62. The molecule has 110 valence electrons. The smallest absolute Gasteiger partial charge is 0.303 e. The Balaban J connectivity index is 2.88. The molecule has 0 unspecified atom stereocenters. The van der Waals surface area contributed by atoms with Crippen LogP contribution in [0.5, 0.6) is 0 Å². The van der Waals surface area contributed by atoms with Crippen molar-refractivity contribution in [3.05, 3.63) is 21.9 Å². The standard InChI is InChI=1S/C12H15Cl2N3O3/c1-7(2)17(5-3-4-10(18)19)12(20)8-6-9(13)15-16-11(8)14/h6-7H,3-5H2,1-2H3,(H,18,19). The Morgan fingerprint density at radius 2 is 2.00 bits per heavy atom. The summed E-state index contributed by atoms with van der Waals surface area (Å²) in [6.07, 6.45) is 0.364. The van der Waals surface area contributed by atoms with Crippen molar-refractivity contribution in [1.82, 2.24) is 15.1 Å². The van der Waals surface area contributed by atoms with Crippen LogP contribution in [0.4, 0.5) is 0 Å². The molecular formula is C12H15Cl2N3O3. The highest BCUT2D eigenvalue weighted by atomic mass is 35.5. The molecule has 1 heterocycles. The fraction of sp³-hybridized carbons (Fsp3) is 0.500. The predicted molar refractivity (Wildman–Crippen MR) is 75.1 cm³/mol. The van der Waals surface area contributed by atoms with E-state index < -0.39 is 5.97 Å². The van der Waals surface area contributed by atoms with Crippen molar-refractivity contribution >= 4 is 35.1 Å². The lowest BCUT2D eigenvalue weighted by Crippen LogP contribution is -2.38. The van der Waals surface area contributed by atoms with Crippen LogP contribution in [-0.2, 0) is 4.79 Å². The van der Waals surface area contributed by atoms with Crippen molar-refractivity contribution in [1.29, 1.82) is 0 Å². The van der Waals surface area contributed by atoms with Gasteiger partial charge in [-0.25, -0.2) is 0 Å². The summed E-state index contributed by atoms with van der Waals surface area (Å²) in [6, 6.07) is 1.26. The van der Waals surface area contributed by atoms with Crippen LogP contribution >= 0.6 is 23.2 Å². The molecule has 0 saturated carbocycles. The van der Waals surface area contributed by atoms with E-state index in [1.54, 1.807) is 0 Å². The maximum Gasteiger partial charge on any atom is 0.303 e. The van der Waals surface area contributed by atoms with E-state index in [1.807, 2.05) is 13.8 Å². The zero-order valence-corrected chi connectivity index (χ0v) is 12.6. The van der Waals surface area contributed by atoms with Crippen LogP contribution in [0.25, 0.3) is 0 Å². The number of aliphatic carboxylic acids is 1. The fourth-order valence-corrected chi connectivity index (χ4v) is 1.97. The number of rotatable bonds is 6. The summed E-state index contributed by atoms with van der Waals surface area (Å²) in [4.78, 5) is 24.5. The molecule has 0 atom stereocenters. The quantitative estimate of drug-likeness (QED) is 0.870. The Labute approximate surface area is 126 Å². The third-order valence-corrected chi connectivity index (χ3v) is 3.09. The van der Waals surface area contributed by atoms with Gasteiger partial charge in [-0.15, -0.1) is 10.2 Å². The summed E-state index contributed by atoms with van der Waals surface area (Å²) < 4.78 is 0. The zero-order chi connectivity index (χ0) is 15.3. The van der Waals surface area contributed by atoms with Crippen LogP contribution in [0.1, 0.15) is 37.0 Å². The van der Waals surface area contributed by atoms with Crippen LogP contribution in [0.3, 0.4) is 0 Å². The second-order valence-corrected chi connectivity index (χ2v) is 5.21. The van der Waals surface area contributed by atoms with Gasteiger partial charge in [0.25, 0.3) is 5.91 Å². The van der Waals surface area contributed by atoms with Crippen LogP contribution < -0.4 is 0 Å². The molecule has 1 rings (SSSR count). The Morgan fingerprint density at radius 3 is 2.55 bits per heavy atom. The first kappa shape index (κ1) is 16.7. The van der Waals surface area contributed by atoms with Gasteiger partial charge < -0.3 is 10.0 Å². The Bertz CT molecular complexity index is 509. The van der Waals surface area contributed by atoms with Gasteiger partial charge in [0.2, 0.25) is 0 Å². The molecule has 0 aliphatic carbocycles. The van der Waals surface area contributed by atoms with Gasteiger partial charge in [0.05, 0.1) is 5.56 Å². The molecule has 0 spiro atoms. The number of carboxylic acid groups (broad SMARTS) is 1. The number of halogens is 2. The van der Waals surface area contributed by atoms with Crippen LogP contribution in [0.2, 0.25) is 10.3 Å². The van der Waals surface area contributed by atoms with E-state index in [1.165, 1.54) is 11.0 Å². The summed E-state index contributed by atoms with van der Waals surface area (Å²) in [6.45, 7) is 3.99. The number of nitrogens with zero attached hydrogens (tertiary/aromatic N) is 3. The van der Waals surface area contributed by atoms with Gasteiger partial charge in [0, 0.05) is 19.0 Å². The molecule has 1 N–H and O–H groups in total. The molecule has 0 aliphatic heterocycles. The van der Waals surface area contributed by atoms with Gasteiger partial charge in [-0.1, -0.05) is 23.2 Å². The monoisotopic (exact) mass is 319 g/mol. The maximum absolute atomic E-state index is 12.4. The molecule has 0 radical (unpaired) electrons. The van der Waals surface area contributed by atoms with Crippen LogP contribution in [0.15, 0.2) is 6.07 Å². The highest BCUT2D eigenvalue weighted by molar-refractivity contribution is 6.34. The minimum Gasteiger partial charge on any atom is -0.481 e. The van der Waals surface area contributed by atoms with Crippen LogP contribution in [0, 0.1) is 0 Å². The predicted octanol–water partition coefficient (Wildman–Crippen LogP) is 2.50. The lowest BCUT2D eigenvalue weighted by molar-refractivity contribution is -0.137. The van der Waals surface area contributed by atoms with Crippen molar-refractivity contribution in [3.63, 3.8) is 0 Å². The molecular weight excluding hydrogens is 305 g/mol. The summed E-state index contributed by atoms with van der Waals surface area (Å²) in [7, 11) is 0. The Kier molecular flexibility index (Phi) is 6.16. The normalized spacial score (nSPS) is 10.7. The molecule has 0 saturated heterocycles. The van der Waals surface area contributed by atoms with Gasteiger partial charge in [-0.3, -0.25) is 9.59 Å². The van der Waals surface area contributed by atoms with Crippen molar-refractivity contribution in [2.24, 2.45) is 0 Å². The van der Waals surface area contributed by atoms with E-state index in [0.717, 1.165) is 0 Å². The lowest BCUT2D eigenvalue weighted by atomic mass is 10.2. The fourth-order valence-electron chi connectivity index (χ4n) is 1.65. The molecule has 0 aliphatic rings. The second kappa shape index (κ2) is 7.40. The Morgan fingerprint density at radius 1 is 1.35 bits per heavy atom. The third kappa shape index (κ3) is 4.61. The van der Waals surface area contributed by atoms with Gasteiger partial charge in [0.1, 0.15) is 0 Å². The van der Waals surface area contributed by atoms with Gasteiger partial charge in [-0.2, -0.15) is 0 Å². The average Bonchev–Trinajstić information content (AvgIpc) is 2.36. The first-order chi connectivity index (χ1) is 9.32.